The fourth-order valence-electron chi connectivity index (χ4n) is 5.79. The van der Waals surface area contributed by atoms with Gasteiger partial charge in [0.1, 0.15) is 0 Å². The lowest BCUT2D eigenvalue weighted by molar-refractivity contribution is -0.153. The number of esters is 1. The monoisotopic (exact) mass is 535 g/mol. The topological polar surface area (TPSA) is 96.3 Å². The van der Waals surface area contributed by atoms with E-state index in [1.165, 1.54) is 5.01 Å². The molecule has 40 heavy (non-hydrogen) atoms. The third-order valence-electron chi connectivity index (χ3n) is 7.93. The summed E-state index contributed by atoms with van der Waals surface area (Å²) in [7, 11) is 0. The van der Waals surface area contributed by atoms with Gasteiger partial charge in [-0.1, -0.05) is 78.9 Å². The second kappa shape index (κ2) is 10.9. The first kappa shape index (κ1) is 25.7. The number of carbonyl (C=O) groups is 4. The number of likely N-dealkylation sites (tertiary alicyclic amines) is 1. The van der Waals surface area contributed by atoms with Crippen molar-refractivity contribution in [2.75, 3.05) is 13.2 Å². The summed E-state index contributed by atoms with van der Waals surface area (Å²) in [5.41, 5.74) is 2.65. The van der Waals surface area contributed by atoms with Crippen LogP contribution in [0.15, 0.2) is 90.0 Å². The van der Waals surface area contributed by atoms with Gasteiger partial charge >= 0.3 is 5.97 Å². The van der Waals surface area contributed by atoms with Crippen LogP contribution < -0.4 is 0 Å². The zero-order chi connectivity index (χ0) is 27.6. The predicted octanol–water partition coefficient (Wildman–Crippen LogP) is 4.40. The molecule has 3 aliphatic rings. The Balaban J connectivity index is 1.12. The summed E-state index contributed by atoms with van der Waals surface area (Å²) in [6.07, 6.45) is 5.30. The van der Waals surface area contributed by atoms with Crippen LogP contribution in [0.2, 0.25) is 0 Å². The van der Waals surface area contributed by atoms with Crippen LogP contribution in [-0.2, 0) is 23.9 Å². The molecule has 3 aromatic rings. The third-order valence-corrected chi connectivity index (χ3v) is 7.93. The molecule has 2 heterocycles. The summed E-state index contributed by atoms with van der Waals surface area (Å²) in [6, 6.07) is 23.5. The molecule has 202 valence electrons. The Morgan fingerprint density at radius 2 is 1.52 bits per heavy atom. The van der Waals surface area contributed by atoms with Crippen molar-refractivity contribution in [1.29, 1.82) is 0 Å². The van der Waals surface area contributed by atoms with E-state index in [9.17, 15) is 19.2 Å². The first-order valence-corrected chi connectivity index (χ1v) is 13.6. The zero-order valence-electron chi connectivity index (χ0n) is 21.9. The van der Waals surface area contributed by atoms with Crippen molar-refractivity contribution in [3.8, 4) is 0 Å². The van der Waals surface area contributed by atoms with Crippen molar-refractivity contribution in [2.45, 2.75) is 31.7 Å². The molecule has 0 bridgehead atoms. The van der Waals surface area contributed by atoms with E-state index >= 15 is 0 Å². The highest BCUT2D eigenvalue weighted by Gasteiger charge is 2.47. The van der Waals surface area contributed by atoms with Crippen LogP contribution in [0.4, 0.5) is 0 Å². The van der Waals surface area contributed by atoms with E-state index in [4.69, 9.17) is 4.74 Å². The Hall–Kier alpha value is -4.59. The number of hydrogen-bond acceptors (Lipinski definition) is 6. The van der Waals surface area contributed by atoms with Crippen LogP contribution in [0.5, 0.6) is 0 Å². The number of benzene rings is 3. The minimum absolute atomic E-state index is 0.0433. The van der Waals surface area contributed by atoms with Gasteiger partial charge in [0, 0.05) is 13.0 Å². The first-order chi connectivity index (χ1) is 19.5. The maximum atomic E-state index is 13.3. The van der Waals surface area contributed by atoms with Crippen molar-refractivity contribution in [2.24, 2.45) is 16.9 Å². The molecular formula is C32H29N3O5. The van der Waals surface area contributed by atoms with Gasteiger partial charge in [-0.3, -0.25) is 24.1 Å². The van der Waals surface area contributed by atoms with Gasteiger partial charge in [-0.05, 0) is 40.8 Å². The number of hydrazone groups is 1. The molecule has 0 spiro atoms. The highest BCUT2D eigenvalue weighted by Crippen LogP contribution is 2.35. The van der Waals surface area contributed by atoms with E-state index in [0.29, 0.717) is 19.3 Å². The zero-order valence-corrected chi connectivity index (χ0v) is 21.9. The second-order valence-electron chi connectivity index (χ2n) is 10.4. The SMILES string of the molecule is O=C(CCN1C(=O)[C@@H]2CC=CC[C@H]2C1=O)OCC(=O)N1N=C(c2ccc3ccccc3c2)C[C@@H]1c1ccccc1. The van der Waals surface area contributed by atoms with Crippen LogP contribution in [-0.4, -0.2) is 52.5 Å². The smallest absolute Gasteiger partial charge is 0.308 e. The minimum atomic E-state index is -0.642. The van der Waals surface area contributed by atoms with Gasteiger partial charge in [0.2, 0.25) is 11.8 Å². The summed E-state index contributed by atoms with van der Waals surface area (Å²) in [5, 5.41) is 8.29. The predicted molar refractivity (Wildman–Crippen MR) is 149 cm³/mol. The van der Waals surface area contributed by atoms with Crippen LogP contribution in [0.3, 0.4) is 0 Å². The summed E-state index contributed by atoms with van der Waals surface area (Å²) in [6.45, 7) is -0.522. The number of allylic oxidation sites excluding steroid dienone is 2. The number of nitrogens with zero attached hydrogens (tertiary/aromatic N) is 3. The van der Waals surface area contributed by atoms with Gasteiger partial charge < -0.3 is 4.74 Å². The highest BCUT2D eigenvalue weighted by molar-refractivity contribution is 6.06. The summed E-state index contributed by atoms with van der Waals surface area (Å²) in [4.78, 5) is 52.2. The molecule has 1 saturated heterocycles. The van der Waals surface area contributed by atoms with E-state index in [1.807, 2.05) is 78.9 Å². The van der Waals surface area contributed by atoms with E-state index in [0.717, 1.165) is 32.5 Å². The Kier molecular flexibility index (Phi) is 6.99. The lowest BCUT2D eigenvalue weighted by Gasteiger charge is -2.22. The average Bonchev–Trinajstić information content (AvgIpc) is 3.55. The number of amides is 3. The Morgan fingerprint density at radius 3 is 2.25 bits per heavy atom. The molecule has 1 fully saturated rings. The molecular weight excluding hydrogens is 506 g/mol. The fourth-order valence-corrected chi connectivity index (χ4v) is 5.79. The Bertz CT molecular complexity index is 1520. The number of hydrogen-bond donors (Lipinski definition) is 0. The van der Waals surface area contributed by atoms with Gasteiger partial charge in [0.25, 0.3) is 5.91 Å². The highest BCUT2D eigenvalue weighted by atomic mass is 16.5. The summed E-state index contributed by atoms with van der Waals surface area (Å²) >= 11 is 0. The molecule has 0 N–H and O–H groups in total. The van der Waals surface area contributed by atoms with Gasteiger partial charge in [0.15, 0.2) is 6.61 Å². The first-order valence-electron chi connectivity index (χ1n) is 13.6. The Labute approximate surface area is 231 Å². The van der Waals surface area contributed by atoms with Gasteiger partial charge in [-0.2, -0.15) is 5.10 Å². The van der Waals surface area contributed by atoms with E-state index < -0.39 is 18.5 Å². The summed E-state index contributed by atoms with van der Waals surface area (Å²) in [5.74, 6) is -2.23. The standard InChI is InChI=1S/C32H29N3O5/c36-29(20-40-30(37)16-17-34-31(38)25-12-6-7-13-26(25)32(34)39)35-28(22-9-2-1-3-10-22)19-27(33-35)24-15-14-21-8-4-5-11-23(21)18-24/h1-11,14-15,18,25-26,28H,12-13,16-17,19-20H2/t25-,26-,28-/m1/s1. The summed E-state index contributed by atoms with van der Waals surface area (Å²) < 4.78 is 5.29. The number of rotatable bonds is 7. The third kappa shape index (κ3) is 4.93. The number of carbonyl (C=O) groups excluding carboxylic acids is 4. The van der Waals surface area contributed by atoms with Crippen molar-refractivity contribution < 1.29 is 23.9 Å². The van der Waals surface area contributed by atoms with Gasteiger partial charge in [-0.25, -0.2) is 5.01 Å². The van der Waals surface area contributed by atoms with Crippen molar-refractivity contribution >= 4 is 40.2 Å². The molecule has 8 heteroatoms. The molecule has 3 atom stereocenters. The lowest BCUT2D eigenvalue weighted by Crippen LogP contribution is -2.34. The number of imide groups is 1. The quantitative estimate of drug-likeness (QED) is 0.254. The average molecular weight is 536 g/mol. The minimum Gasteiger partial charge on any atom is -0.455 e. The Morgan fingerprint density at radius 1 is 0.850 bits per heavy atom. The van der Waals surface area contributed by atoms with Crippen molar-refractivity contribution in [1.82, 2.24) is 9.91 Å². The molecule has 8 nitrogen and oxygen atoms in total. The molecule has 0 radical (unpaired) electrons. The molecule has 0 unspecified atom stereocenters. The van der Waals surface area contributed by atoms with Gasteiger partial charge in [-0.15, -0.1) is 0 Å². The maximum absolute atomic E-state index is 13.3. The van der Waals surface area contributed by atoms with Crippen LogP contribution in [0, 0.1) is 11.8 Å². The maximum Gasteiger partial charge on any atom is 0.308 e. The van der Waals surface area contributed by atoms with Crippen LogP contribution in [0.25, 0.3) is 10.8 Å². The number of ether oxygens (including phenoxy) is 1. The van der Waals surface area contributed by atoms with E-state index in [2.05, 4.69) is 11.2 Å². The normalized spacial score (nSPS) is 22.0. The van der Waals surface area contributed by atoms with Crippen molar-refractivity contribution in [3.63, 3.8) is 0 Å². The molecule has 3 aromatic carbocycles. The molecule has 3 amide bonds. The molecule has 0 aromatic heterocycles. The molecule has 1 aliphatic carbocycles. The lowest BCUT2D eigenvalue weighted by atomic mass is 9.85. The molecule has 6 rings (SSSR count). The molecule has 2 aliphatic heterocycles. The number of fused-ring (bicyclic) bond motifs is 2. The fraction of sp³-hybridized carbons (Fsp3) is 0.281. The van der Waals surface area contributed by atoms with Gasteiger partial charge in [0.05, 0.1) is 30.0 Å². The molecule has 0 saturated carbocycles. The van der Waals surface area contributed by atoms with E-state index in [1.54, 1.807) is 0 Å². The van der Waals surface area contributed by atoms with Crippen LogP contribution in [0.1, 0.15) is 42.9 Å². The largest absolute Gasteiger partial charge is 0.455 e. The van der Waals surface area contributed by atoms with E-state index in [-0.39, 0.29) is 42.7 Å². The second-order valence-corrected chi connectivity index (χ2v) is 10.4. The van der Waals surface area contributed by atoms with Crippen molar-refractivity contribution in [3.05, 3.63) is 96.1 Å². The van der Waals surface area contributed by atoms with Crippen LogP contribution >= 0.6 is 0 Å².